The Kier molecular flexibility index (Phi) is 6.89. The van der Waals surface area contributed by atoms with Crippen LogP contribution in [0.4, 0.5) is 5.69 Å². The van der Waals surface area contributed by atoms with Crippen LogP contribution in [0.3, 0.4) is 0 Å². The van der Waals surface area contributed by atoms with Gasteiger partial charge in [0.1, 0.15) is 35.4 Å². The average Bonchev–Trinajstić information content (AvgIpc) is 3.47. The lowest BCUT2D eigenvalue weighted by atomic mass is 10.1. The first-order chi connectivity index (χ1) is 15.9. The summed E-state index contributed by atoms with van der Waals surface area (Å²) >= 11 is 12.1. The number of ether oxygens (including phenoxy) is 1. The second kappa shape index (κ2) is 10.0. The Morgan fingerprint density at radius 3 is 2.39 bits per heavy atom. The Labute approximate surface area is 200 Å². The van der Waals surface area contributed by atoms with Crippen LogP contribution < -0.4 is 10.1 Å². The van der Waals surface area contributed by atoms with E-state index < -0.39 is 0 Å². The summed E-state index contributed by atoms with van der Waals surface area (Å²) in [6.07, 6.45) is 2.91. The van der Waals surface area contributed by atoms with Crippen molar-refractivity contribution in [3.63, 3.8) is 0 Å². The molecule has 0 bridgehead atoms. The molecule has 0 radical (unpaired) electrons. The zero-order valence-corrected chi connectivity index (χ0v) is 19.0. The lowest BCUT2D eigenvalue weighted by Crippen LogP contribution is -2.09. The van der Waals surface area contributed by atoms with Gasteiger partial charge in [0.2, 0.25) is 5.91 Å². The van der Waals surface area contributed by atoms with Gasteiger partial charge in [-0.3, -0.25) is 4.79 Å². The van der Waals surface area contributed by atoms with Crippen LogP contribution in [0.5, 0.6) is 5.75 Å². The molecule has 168 valence electrons. The van der Waals surface area contributed by atoms with Gasteiger partial charge in [0.15, 0.2) is 0 Å². The van der Waals surface area contributed by atoms with Gasteiger partial charge in [-0.25, -0.2) is 0 Å². The third-order valence-electron chi connectivity index (χ3n) is 4.73. The molecule has 0 aliphatic carbocycles. The maximum atomic E-state index is 12.5. The summed E-state index contributed by atoms with van der Waals surface area (Å²) in [5, 5.41) is 13.0. The van der Waals surface area contributed by atoms with E-state index in [1.165, 1.54) is 13.2 Å². The number of aliphatic hydroxyl groups excluding tert-OH is 1. The third kappa shape index (κ3) is 5.49. The van der Waals surface area contributed by atoms with Crippen molar-refractivity contribution >= 4 is 40.9 Å². The Hall–Kier alpha value is -3.45. The van der Waals surface area contributed by atoms with Crippen molar-refractivity contribution in [1.82, 2.24) is 0 Å². The molecular weight excluding hydrogens is 465 g/mol. The Morgan fingerprint density at radius 2 is 1.70 bits per heavy atom. The average molecular weight is 484 g/mol. The van der Waals surface area contributed by atoms with E-state index in [9.17, 15) is 9.90 Å². The molecule has 2 aromatic carbocycles. The molecule has 0 aliphatic heterocycles. The number of nitrogens with one attached hydrogen (secondary N) is 1. The van der Waals surface area contributed by atoms with E-state index in [0.29, 0.717) is 44.5 Å². The van der Waals surface area contributed by atoms with Crippen molar-refractivity contribution in [3.8, 4) is 28.4 Å². The van der Waals surface area contributed by atoms with Crippen LogP contribution in [-0.2, 0) is 11.4 Å². The summed E-state index contributed by atoms with van der Waals surface area (Å²) in [4.78, 5) is 12.5. The molecule has 0 aliphatic rings. The Balaban J connectivity index is 1.49. The van der Waals surface area contributed by atoms with Crippen LogP contribution in [0, 0.1) is 0 Å². The lowest BCUT2D eigenvalue weighted by molar-refractivity contribution is -0.111. The smallest absolute Gasteiger partial charge is 0.248 e. The predicted molar refractivity (Wildman–Crippen MR) is 128 cm³/mol. The number of furan rings is 2. The molecule has 0 saturated carbocycles. The highest BCUT2D eigenvalue weighted by Crippen LogP contribution is 2.32. The Morgan fingerprint density at radius 1 is 0.970 bits per heavy atom. The zero-order chi connectivity index (χ0) is 23.4. The monoisotopic (exact) mass is 483 g/mol. The highest BCUT2D eigenvalue weighted by atomic mass is 35.5. The van der Waals surface area contributed by atoms with E-state index in [0.717, 1.165) is 11.1 Å². The van der Waals surface area contributed by atoms with Crippen molar-refractivity contribution in [2.75, 3.05) is 12.4 Å². The summed E-state index contributed by atoms with van der Waals surface area (Å²) in [6, 6.07) is 17.3. The van der Waals surface area contributed by atoms with Crippen molar-refractivity contribution in [1.29, 1.82) is 0 Å². The van der Waals surface area contributed by atoms with Crippen LogP contribution in [0.1, 0.15) is 11.5 Å². The predicted octanol–water partition coefficient (Wildman–Crippen LogP) is 6.67. The number of anilines is 1. The second-order valence-electron chi connectivity index (χ2n) is 7.02. The molecule has 6 nitrogen and oxygen atoms in total. The normalized spacial score (nSPS) is 11.2. The lowest BCUT2D eigenvalue weighted by Gasteiger charge is -2.10. The minimum Gasteiger partial charge on any atom is -0.495 e. The van der Waals surface area contributed by atoms with Gasteiger partial charge in [-0.1, -0.05) is 23.2 Å². The fourth-order valence-corrected chi connectivity index (χ4v) is 3.73. The Bertz CT molecular complexity index is 1300. The molecule has 2 N–H and O–H groups in total. The second-order valence-corrected chi connectivity index (χ2v) is 7.89. The number of hydrogen-bond acceptors (Lipinski definition) is 5. The highest BCUT2D eigenvalue weighted by Gasteiger charge is 2.11. The van der Waals surface area contributed by atoms with E-state index in [1.807, 2.05) is 0 Å². The molecule has 33 heavy (non-hydrogen) atoms. The SMILES string of the molecule is COc1ccc(-c2ccc(CO)o2)cc1NC(=O)/C=C/c1ccc(-c2cc(Cl)cc(Cl)c2)o1. The number of hydrogen-bond donors (Lipinski definition) is 2. The van der Waals surface area contributed by atoms with Crippen molar-refractivity contribution in [2.24, 2.45) is 0 Å². The van der Waals surface area contributed by atoms with Gasteiger partial charge in [0.05, 0.1) is 12.8 Å². The number of aliphatic hydroxyl groups is 1. The van der Waals surface area contributed by atoms with Crippen LogP contribution in [-0.4, -0.2) is 18.1 Å². The van der Waals surface area contributed by atoms with Crippen molar-refractivity contribution in [2.45, 2.75) is 6.61 Å². The van der Waals surface area contributed by atoms with Gasteiger partial charge in [-0.15, -0.1) is 0 Å². The topological polar surface area (TPSA) is 84.8 Å². The van der Waals surface area contributed by atoms with Crippen LogP contribution in [0.25, 0.3) is 28.7 Å². The summed E-state index contributed by atoms with van der Waals surface area (Å²) in [7, 11) is 1.52. The fourth-order valence-electron chi connectivity index (χ4n) is 3.20. The molecule has 0 saturated heterocycles. The number of benzene rings is 2. The van der Waals surface area contributed by atoms with Crippen LogP contribution in [0.15, 0.2) is 75.6 Å². The number of methoxy groups -OCH3 is 1. The van der Waals surface area contributed by atoms with E-state index >= 15 is 0 Å². The first-order valence-corrected chi connectivity index (χ1v) is 10.6. The summed E-state index contributed by atoms with van der Waals surface area (Å²) < 4.78 is 16.7. The summed E-state index contributed by atoms with van der Waals surface area (Å²) in [6.45, 7) is -0.191. The quantitative estimate of drug-likeness (QED) is 0.287. The first kappa shape index (κ1) is 22.7. The van der Waals surface area contributed by atoms with Gasteiger partial charge in [0.25, 0.3) is 0 Å². The molecule has 8 heteroatoms. The number of rotatable bonds is 7. The standard InChI is InChI=1S/C25H19Cl2NO5/c1-31-24-6-2-15(22-8-4-20(14-29)33-22)12-21(24)28-25(30)9-5-19-3-7-23(32-19)16-10-17(26)13-18(27)11-16/h2-13,29H,14H2,1H3,(H,28,30)/b9-5+. The van der Waals surface area contributed by atoms with Crippen molar-refractivity contribution in [3.05, 3.63) is 88.3 Å². The molecule has 0 fully saturated rings. The van der Waals surface area contributed by atoms with E-state index in [1.54, 1.807) is 66.7 Å². The third-order valence-corrected chi connectivity index (χ3v) is 5.17. The van der Waals surface area contributed by atoms with Gasteiger partial charge < -0.3 is 24.0 Å². The van der Waals surface area contributed by atoms with Gasteiger partial charge in [-0.05, 0) is 66.7 Å². The molecular formula is C25H19Cl2NO5. The van der Waals surface area contributed by atoms with Gasteiger partial charge in [0, 0.05) is 27.2 Å². The maximum Gasteiger partial charge on any atom is 0.248 e. The van der Waals surface area contributed by atoms with Crippen LogP contribution >= 0.6 is 23.2 Å². The minimum absolute atomic E-state index is 0.191. The molecule has 0 atom stereocenters. The molecule has 2 aromatic heterocycles. The molecule has 0 unspecified atom stereocenters. The number of halogens is 2. The van der Waals surface area contributed by atoms with Crippen molar-refractivity contribution < 1.29 is 23.5 Å². The number of amides is 1. The summed E-state index contributed by atoms with van der Waals surface area (Å²) in [5.74, 6) is 2.21. The molecule has 4 aromatic rings. The zero-order valence-electron chi connectivity index (χ0n) is 17.5. The number of carbonyl (C=O) groups excluding carboxylic acids is 1. The van der Waals surface area contributed by atoms with E-state index in [-0.39, 0.29) is 12.5 Å². The first-order valence-electron chi connectivity index (χ1n) is 9.88. The molecule has 1 amide bonds. The number of carbonyl (C=O) groups is 1. The van der Waals surface area contributed by atoms with Gasteiger partial charge >= 0.3 is 0 Å². The van der Waals surface area contributed by atoms with Crippen LogP contribution in [0.2, 0.25) is 10.0 Å². The molecule has 2 heterocycles. The minimum atomic E-state index is -0.371. The fraction of sp³-hybridized carbons (Fsp3) is 0.0800. The maximum absolute atomic E-state index is 12.5. The molecule has 4 rings (SSSR count). The molecule has 0 spiro atoms. The highest BCUT2D eigenvalue weighted by molar-refractivity contribution is 6.35. The largest absolute Gasteiger partial charge is 0.495 e. The van der Waals surface area contributed by atoms with Gasteiger partial charge in [-0.2, -0.15) is 0 Å². The summed E-state index contributed by atoms with van der Waals surface area (Å²) in [5.41, 5.74) is 1.94. The van der Waals surface area contributed by atoms with E-state index in [4.69, 9.17) is 36.8 Å². The van der Waals surface area contributed by atoms with E-state index in [2.05, 4.69) is 5.32 Å².